The fraction of sp³-hybridized carbons (Fsp3) is 0.154. The van der Waals surface area contributed by atoms with Crippen LogP contribution in [-0.2, 0) is 6.42 Å². The van der Waals surface area contributed by atoms with Crippen LogP contribution in [0.3, 0.4) is 0 Å². The Bertz CT molecular complexity index is 643. The molecule has 3 heteroatoms. The molecule has 2 aromatic heterocycles. The molecule has 0 saturated carbocycles. The Morgan fingerprint density at radius 2 is 2.06 bits per heavy atom. The normalized spacial score (nSPS) is 11.3. The lowest BCUT2D eigenvalue weighted by Gasteiger charge is -1.97. The van der Waals surface area contributed by atoms with Gasteiger partial charge in [0, 0.05) is 40.8 Å². The van der Waals surface area contributed by atoms with Crippen LogP contribution in [0, 0.1) is 0 Å². The summed E-state index contributed by atoms with van der Waals surface area (Å²) in [6.45, 7) is 0.188. The van der Waals surface area contributed by atoms with E-state index in [1.54, 1.807) is 6.20 Å². The summed E-state index contributed by atoms with van der Waals surface area (Å²) in [5, 5.41) is 11.2. The Morgan fingerprint density at radius 1 is 1.12 bits per heavy atom. The van der Waals surface area contributed by atoms with E-state index in [2.05, 4.69) is 28.2 Å². The average Bonchev–Trinajstić information content (AvgIpc) is 2.67. The maximum absolute atomic E-state index is 8.91. The number of nitrogens with one attached hydrogen (secondary N) is 1. The van der Waals surface area contributed by atoms with E-state index in [-0.39, 0.29) is 6.61 Å². The molecule has 0 aliphatic heterocycles. The summed E-state index contributed by atoms with van der Waals surface area (Å²) in [7, 11) is 0. The van der Waals surface area contributed by atoms with Gasteiger partial charge in [-0.15, -0.1) is 0 Å². The van der Waals surface area contributed by atoms with Gasteiger partial charge in [0.15, 0.2) is 0 Å². The van der Waals surface area contributed by atoms with Crippen LogP contribution < -0.4 is 0 Å². The first-order chi connectivity index (χ1) is 7.88. The molecule has 3 rings (SSSR count). The van der Waals surface area contributed by atoms with E-state index in [0.29, 0.717) is 6.42 Å². The number of fused-ring (bicyclic) bond motifs is 3. The number of aromatic nitrogens is 2. The van der Waals surface area contributed by atoms with Crippen LogP contribution in [0.25, 0.3) is 21.8 Å². The Kier molecular flexibility index (Phi) is 2.11. The van der Waals surface area contributed by atoms with Crippen LogP contribution in [0.2, 0.25) is 0 Å². The highest BCUT2D eigenvalue weighted by Crippen LogP contribution is 2.25. The molecule has 0 aliphatic rings. The molecule has 0 aliphatic carbocycles. The first-order valence-corrected chi connectivity index (χ1v) is 5.33. The number of rotatable bonds is 2. The molecule has 0 bridgehead atoms. The molecule has 0 unspecified atom stereocenters. The topological polar surface area (TPSA) is 48.9 Å². The summed E-state index contributed by atoms with van der Waals surface area (Å²) in [5.41, 5.74) is 3.36. The largest absolute Gasteiger partial charge is 0.396 e. The van der Waals surface area contributed by atoms with Gasteiger partial charge in [0.1, 0.15) is 0 Å². The quantitative estimate of drug-likeness (QED) is 0.684. The molecule has 2 N–H and O–H groups in total. The minimum atomic E-state index is 0.188. The first-order valence-electron chi connectivity index (χ1n) is 5.33. The van der Waals surface area contributed by atoms with Crippen LogP contribution in [0.1, 0.15) is 5.56 Å². The number of H-pyrrole nitrogens is 1. The lowest BCUT2D eigenvalue weighted by molar-refractivity contribution is 0.299. The van der Waals surface area contributed by atoms with Crippen LogP contribution in [-0.4, -0.2) is 21.7 Å². The number of aromatic amines is 1. The van der Waals surface area contributed by atoms with Gasteiger partial charge in [-0.3, -0.25) is 4.98 Å². The second-order valence-electron chi connectivity index (χ2n) is 3.90. The number of nitrogens with zero attached hydrogens (tertiary/aromatic N) is 1. The van der Waals surface area contributed by atoms with E-state index < -0.39 is 0 Å². The molecular formula is C13H12N2O. The summed E-state index contributed by atoms with van der Waals surface area (Å²) in [4.78, 5) is 7.49. The van der Waals surface area contributed by atoms with Crippen molar-refractivity contribution in [3.8, 4) is 0 Å². The van der Waals surface area contributed by atoms with E-state index >= 15 is 0 Å². The molecule has 2 heterocycles. The van der Waals surface area contributed by atoms with Gasteiger partial charge in [0.25, 0.3) is 0 Å². The van der Waals surface area contributed by atoms with Crippen molar-refractivity contribution in [2.75, 3.05) is 6.61 Å². The predicted octanol–water partition coefficient (Wildman–Crippen LogP) is 2.25. The van der Waals surface area contributed by atoms with Gasteiger partial charge in [0.2, 0.25) is 0 Å². The van der Waals surface area contributed by atoms with E-state index in [4.69, 9.17) is 5.11 Å². The summed E-state index contributed by atoms with van der Waals surface area (Å²) in [5.74, 6) is 0. The fourth-order valence-corrected chi connectivity index (χ4v) is 2.08. The number of benzene rings is 1. The molecule has 0 saturated heterocycles. The fourth-order valence-electron chi connectivity index (χ4n) is 2.08. The highest BCUT2D eigenvalue weighted by Gasteiger charge is 2.04. The monoisotopic (exact) mass is 212 g/mol. The maximum Gasteiger partial charge on any atom is 0.0495 e. The van der Waals surface area contributed by atoms with Gasteiger partial charge in [-0.2, -0.15) is 0 Å². The molecule has 0 radical (unpaired) electrons. The third-order valence-electron chi connectivity index (χ3n) is 2.87. The zero-order chi connectivity index (χ0) is 11.0. The van der Waals surface area contributed by atoms with Crippen LogP contribution in [0.15, 0.2) is 36.7 Å². The number of aliphatic hydroxyl groups excluding tert-OH is 1. The molecule has 0 fully saturated rings. The molecule has 0 amide bonds. The average molecular weight is 212 g/mol. The molecule has 16 heavy (non-hydrogen) atoms. The van der Waals surface area contributed by atoms with Crippen molar-refractivity contribution in [2.24, 2.45) is 0 Å². The smallest absolute Gasteiger partial charge is 0.0495 e. The number of aliphatic hydroxyl groups is 1. The van der Waals surface area contributed by atoms with Crippen molar-refractivity contribution in [1.82, 2.24) is 9.97 Å². The lowest BCUT2D eigenvalue weighted by Crippen LogP contribution is -1.89. The van der Waals surface area contributed by atoms with Crippen molar-refractivity contribution in [3.05, 3.63) is 42.2 Å². The highest BCUT2D eigenvalue weighted by molar-refractivity contribution is 6.06. The van der Waals surface area contributed by atoms with E-state index in [1.165, 1.54) is 5.39 Å². The first kappa shape index (κ1) is 9.36. The molecule has 0 spiro atoms. The summed E-state index contributed by atoms with van der Waals surface area (Å²) >= 11 is 0. The second-order valence-corrected chi connectivity index (χ2v) is 3.90. The van der Waals surface area contributed by atoms with Gasteiger partial charge in [-0.25, -0.2) is 0 Å². The predicted molar refractivity (Wildman–Crippen MR) is 64.4 cm³/mol. The molecule has 3 nitrogen and oxygen atoms in total. The van der Waals surface area contributed by atoms with Crippen molar-refractivity contribution in [3.63, 3.8) is 0 Å². The van der Waals surface area contributed by atoms with Gasteiger partial charge in [0.05, 0.1) is 0 Å². The van der Waals surface area contributed by atoms with Crippen molar-refractivity contribution in [1.29, 1.82) is 0 Å². The second kappa shape index (κ2) is 3.61. The Labute approximate surface area is 92.7 Å². The highest BCUT2D eigenvalue weighted by atomic mass is 16.2. The Hall–Kier alpha value is -1.87. The van der Waals surface area contributed by atoms with Gasteiger partial charge < -0.3 is 10.1 Å². The number of hydrogen-bond acceptors (Lipinski definition) is 2. The van der Waals surface area contributed by atoms with Crippen molar-refractivity contribution < 1.29 is 5.11 Å². The zero-order valence-corrected chi connectivity index (χ0v) is 8.77. The third kappa shape index (κ3) is 1.37. The minimum absolute atomic E-state index is 0.188. The lowest BCUT2D eigenvalue weighted by atomic mass is 10.1. The van der Waals surface area contributed by atoms with Gasteiger partial charge in [-0.1, -0.05) is 12.1 Å². The van der Waals surface area contributed by atoms with Gasteiger partial charge >= 0.3 is 0 Å². The third-order valence-corrected chi connectivity index (χ3v) is 2.87. The van der Waals surface area contributed by atoms with Gasteiger partial charge in [-0.05, 0) is 24.1 Å². The molecule has 1 aromatic carbocycles. The summed E-state index contributed by atoms with van der Waals surface area (Å²) in [6, 6.07) is 8.20. The Balaban J connectivity index is 2.28. The van der Waals surface area contributed by atoms with Crippen LogP contribution >= 0.6 is 0 Å². The SMILES string of the molecule is OCCc1ccc2c(c1)[nH]c1ccncc12. The summed E-state index contributed by atoms with van der Waals surface area (Å²) < 4.78 is 0. The molecular weight excluding hydrogens is 200 g/mol. The van der Waals surface area contributed by atoms with E-state index in [1.807, 2.05) is 12.3 Å². The van der Waals surface area contributed by atoms with Crippen LogP contribution in [0.5, 0.6) is 0 Å². The standard InChI is InChI=1S/C13H12N2O/c16-6-4-9-1-2-10-11-8-14-5-3-12(11)15-13(10)7-9/h1-3,5,7-8,15-16H,4,6H2. The summed E-state index contributed by atoms with van der Waals surface area (Å²) in [6.07, 6.45) is 4.36. The number of hydrogen-bond donors (Lipinski definition) is 2. The molecule has 3 aromatic rings. The minimum Gasteiger partial charge on any atom is -0.396 e. The van der Waals surface area contributed by atoms with Crippen molar-refractivity contribution in [2.45, 2.75) is 6.42 Å². The Morgan fingerprint density at radius 3 is 2.94 bits per heavy atom. The zero-order valence-electron chi connectivity index (χ0n) is 8.77. The van der Waals surface area contributed by atoms with Crippen LogP contribution in [0.4, 0.5) is 0 Å². The van der Waals surface area contributed by atoms with E-state index in [0.717, 1.165) is 22.0 Å². The van der Waals surface area contributed by atoms with E-state index in [9.17, 15) is 0 Å². The number of pyridine rings is 1. The molecule has 0 atom stereocenters. The maximum atomic E-state index is 8.91. The van der Waals surface area contributed by atoms with Crippen molar-refractivity contribution >= 4 is 21.8 Å². The molecule has 80 valence electrons.